The summed E-state index contributed by atoms with van der Waals surface area (Å²) in [6, 6.07) is 0. The molecule has 5 heteroatoms. The molecular weight excluding hydrogens is 166 g/mol. The normalized spacial score (nSPS) is 10.6. The van der Waals surface area contributed by atoms with Crippen molar-refractivity contribution in [3.8, 4) is 0 Å². The van der Waals surface area contributed by atoms with Crippen molar-refractivity contribution in [2.24, 2.45) is 0 Å². The first-order chi connectivity index (χ1) is 5.02. The lowest BCUT2D eigenvalue weighted by molar-refractivity contribution is -0.119. The Hall–Kier alpha value is -0.840. The highest BCUT2D eigenvalue weighted by Gasteiger charge is 2.07. The molecule has 0 bridgehead atoms. The average molecular weight is 177 g/mol. The van der Waals surface area contributed by atoms with E-state index in [-0.39, 0.29) is 6.42 Å². The zero-order chi connectivity index (χ0) is 8.91. The molecule has 0 aliphatic heterocycles. The molecule has 0 heterocycles. The van der Waals surface area contributed by atoms with Gasteiger partial charge in [0.25, 0.3) is 10.0 Å². The third-order valence-corrected chi connectivity index (χ3v) is 1.90. The number of sulfonamides is 1. The largest absolute Gasteiger partial charge is 0.274 e. The van der Waals surface area contributed by atoms with Crippen molar-refractivity contribution in [1.29, 1.82) is 0 Å². The molecule has 11 heavy (non-hydrogen) atoms. The van der Waals surface area contributed by atoms with E-state index >= 15 is 0 Å². The molecule has 0 aliphatic carbocycles. The molecule has 0 atom stereocenters. The third-order valence-electron chi connectivity index (χ3n) is 0.953. The summed E-state index contributed by atoms with van der Waals surface area (Å²) >= 11 is 0. The Morgan fingerprint density at radius 2 is 2.18 bits per heavy atom. The highest BCUT2D eigenvalue weighted by molar-refractivity contribution is 7.92. The number of nitrogens with one attached hydrogen (secondary N) is 1. The van der Waals surface area contributed by atoms with Crippen molar-refractivity contribution in [1.82, 2.24) is 4.72 Å². The first kappa shape index (κ1) is 10.2. The van der Waals surface area contributed by atoms with Gasteiger partial charge in [0.15, 0.2) is 0 Å². The summed E-state index contributed by atoms with van der Waals surface area (Å²) < 4.78 is 23.1. The van der Waals surface area contributed by atoms with Gasteiger partial charge in [-0.05, 0) is 6.42 Å². The van der Waals surface area contributed by atoms with Gasteiger partial charge in [-0.25, -0.2) is 13.1 Å². The van der Waals surface area contributed by atoms with E-state index < -0.39 is 15.9 Å². The second-order valence-electron chi connectivity index (χ2n) is 1.99. The number of amides is 1. The summed E-state index contributed by atoms with van der Waals surface area (Å²) in [5.74, 6) is -0.493. The maximum absolute atomic E-state index is 10.7. The molecule has 1 amide bonds. The van der Waals surface area contributed by atoms with Gasteiger partial charge in [0.05, 0.1) is 0 Å². The third kappa shape index (κ3) is 4.55. The van der Waals surface area contributed by atoms with Crippen molar-refractivity contribution >= 4 is 15.9 Å². The summed E-state index contributed by atoms with van der Waals surface area (Å²) in [4.78, 5) is 10.7. The van der Waals surface area contributed by atoms with Crippen molar-refractivity contribution in [3.63, 3.8) is 0 Å². The van der Waals surface area contributed by atoms with Crippen LogP contribution >= 0.6 is 0 Å². The molecule has 0 saturated heterocycles. The molecule has 64 valence electrons. The number of hydrogen-bond acceptors (Lipinski definition) is 3. The quantitative estimate of drug-likeness (QED) is 0.675. The van der Waals surface area contributed by atoms with Gasteiger partial charge in [-0.2, -0.15) is 0 Å². The molecule has 0 fully saturated rings. The van der Waals surface area contributed by atoms with Crippen LogP contribution in [0.5, 0.6) is 0 Å². The lowest BCUT2D eigenvalue weighted by atomic mass is 10.3. The minimum absolute atomic E-state index is 0.215. The van der Waals surface area contributed by atoms with Crippen LogP contribution in [0.15, 0.2) is 12.0 Å². The predicted molar refractivity (Wildman–Crippen MR) is 42.2 cm³/mol. The molecule has 0 aromatic rings. The first-order valence-electron chi connectivity index (χ1n) is 3.20. The molecular formula is C6H11NO3S. The van der Waals surface area contributed by atoms with Crippen LogP contribution < -0.4 is 4.72 Å². The van der Waals surface area contributed by atoms with Crippen molar-refractivity contribution in [2.45, 2.75) is 19.8 Å². The van der Waals surface area contributed by atoms with Gasteiger partial charge in [-0.15, -0.1) is 0 Å². The SMILES string of the molecule is C=CS(=O)(=O)NC(=O)CCC. The van der Waals surface area contributed by atoms with E-state index in [0.717, 1.165) is 0 Å². The van der Waals surface area contributed by atoms with Crippen LogP contribution in [-0.4, -0.2) is 14.3 Å². The Balaban J connectivity index is 4.05. The monoisotopic (exact) mass is 177 g/mol. The minimum atomic E-state index is -3.58. The van der Waals surface area contributed by atoms with Gasteiger partial charge in [0.2, 0.25) is 5.91 Å². The Morgan fingerprint density at radius 3 is 2.55 bits per heavy atom. The zero-order valence-corrected chi connectivity index (χ0v) is 7.15. The summed E-state index contributed by atoms with van der Waals surface area (Å²) in [5.41, 5.74) is 0. The van der Waals surface area contributed by atoms with Gasteiger partial charge in [0, 0.05) is 11.8 Å². The van der Waals surface area contributed by atoms with Gasteiger partial charge in [-0.3, -0.25) is 4.79 Å². The lowest BCUT2D eigenvalue weighted by Gasteiger charge is -1.99. The van der Waals surface area contributed by atoms with Crippen LogP contribution in [0.4, 0.5) is 0 Å². The molecule has 0 rings (SSSR count). The Labute approximate surface area is 66.3 Å². The highest BCUT2D eigenvalue weighted by atomic mass is 32.2. The Bertz CT molecular complexity index is 243. The fraction of sp³-hybridized carbons (Fsp3) is 0.500. The second-order valence-corrected chi connectivity index (χ2v) is 3.61. The second kappa shape index (κ2) is 4.12. The molecule has 0 aliphatic rings. The van der Waals surface area contributed by atoms with E-state index in [4.69, 9.17) is 0 Å². The fourth-order valence-corrected chi connectivity index (χ4v) is 0.981. The maximum Gasteiger partial charge on any atom is 0.256 e. The maximum atomic E-state index is 10.7. The van der Waals surface area contributed by atoms with E-state index in [9.17, 15) is 13.2 Å². The molecule has 1 N–H and O–H groups in total. The van der Waals surface area contributed by atoms with Crippen LogP contribution in [0.1, 0.15) is 19.8 Å². The Kier molecular flexibility index (Phi) is 3.81. The fourth-order valence-electron chi connectivity index (χ4n) is 0.478. The van der Waals surface area contributed by atoms with Gasteiger partial charge < -0.3 is 0 Å². The molecule has 0 saturated carbocycles. The van der Waals surface area contributed by atoms with Crippen molar-refractivity contribution in [3.05, 3.63) is 12.0 Å². The molecule has 0 unspecified atom stereocenters. The lowest BCUT2D eigenvalue weighted by Crippen LogP contribution is -2.28. The van der Waals surface area contributed by atoms with E-state index in [0.29, 0.717) is 11.8 Å². The van der Waals surface area contributed by atoms with Crippen LogP contribution in [0, 0.1) is 0 Å². The van der Waals surface area contributed by atoms with Crippen molar-refractivity contribution < 1.29 is 13.2 Å². The number of carbonyl (C=O) groups is 1. The number of rotatable bonds is 4. The number of carbonyl (C=O) groups excluding carboxylic acids is 1. The minimum Gasteiger partial charge on any atom is -0.274 e. The van der Waals surface area contributed by atoms with E-state index in [1.165, 1.54) is 0 Å². The van der Waals surface area contributed by atoms with E-state index in [1.807, 2.05) is 4.72 Å². The van der Waals surface area contributed by atoms with E-state index in [1.54, 1.807) is 6.92 Å². The van der Waals surface area contributed by atoms with Crippen LogP contribution in [0.25, 0.3) is 0 Å². The van der Waals surface area contributed by atoms with Gasteiger partial charge in [-0.1, -0.05) is 13.5 Å². The zero-order valence-electron chi connectivity index (χ0n) is 6.33. The molecule has 0 aromatic carbocycles. The summed E-state index contributed by atoms with van der Waals surface area (Å²) in [7, 11) is -3.58. The number of hydrogen-bond donors (Lipinski definition) is 1. The molecule has 0 aromatic heterocycles. The smallest absolute Gasteiger partial charge is 0.256 e. The molecule has 4 nitrogen and oxygen atoms in total. The topological polar surface area (TPSA) is 63.2 Å². The van der Waals surface area contributed by atoms with Gasteiger partial charge >= 0.3 is 0 Å². The summed E-state index contributed by atoms with van der Waals surface area (Å²) in [6.07, 6.45) is 0.839. The average Bonchev–Trinajstić information content (AvgIpc) is 1.87. The predicted octanol–water partition coefficient (Wildman–Crippen LogP) is 0.376. The van der Waals surface area contributed by atoms with Crippen molar-refractivity contribution in [2.75, 3.05) is 0 Å². The Morgan fingerprint density at radius 1 is 1.64 bits per heavy atom. The molecule has 0 radical (unpaired) electrons. The standard InChI is InChI=1S/C6H11NO3S/c1-3-5-6(8)7-11(9,10)4-2/h4H,2-3,5H2,1H3,(H,7,8). The van der Waals surface area contributed by atoms with Crippen LogP contribution in [0.2, 0.25) is 0 Å². The van der Waals surface area contributed by atoms with Crippen LogP contribution in [0.3, 0.4) is 0 Å². The summed E-state index contributed by atoms with van der Waals surface area (Å²) in [6.45, 7) is 4.83. The van der Waals surface area contributed by atoms with Gasteiger partial charge in [0.1, 0.15) is 0 Å². The highest BCUT2D eigenvalue weighted by Crippen LogP contribution is 1.89. The first-order valence-corrected chi connectivity index (χ1v) is 4.74. The van der Waals surface area contributed by atoms with Crippen LogP contribution in [-0.2, 0) is 14.8 Å². The van der Waals surface area contributed by atoms with E-state index in [2.05, 4.69) is 6.58 Å². The molecule has 0 spiro atoms. The summed E-state index contributed by atoms with van der Waals surface area (Å²) in [5, 5.41) is 0.709.